The molecule has 8 heteroatoms. The van der Waals surface area contributed by atoms with Crippen molar-refractivity contribution in [3.05, 3.63) is 45.5 Å². The first-order valence-corrected chi connectivity index (χ1v) is 9.63. The maximum atomic E-state index is 12.7. The second-order valence-corrected chi connectivity index (χ2v) is 7.22. The van der Waals surface area contributed by atoms with Gasteiger partial charge in [-0.25, -0.2) is 0 Å². The largest absolute Gasteiger partial charge is 0.489 e. The molecule has 0 saturated heterocycles. The lowest BCUT2D eigenvalue weighted by molar-refractivity contribution is -0.0515. The Kier molecular flexibility index (Phi) is 8.73. The normalized spacial score (nSPS) is 17.1. The number of nitrogens with zero attached hydrogens (tertiary/aromatic N) is 1. The van der Waals surface area contributed by atoms with E-state index in [1.54, 1.807) is 20.0 Å². The summed E-state index contributed by atoms with van der Waals surface area (Å²) < 4.78 is 35.5. The minimum Gasteiger partial charge on any atom is -0.489 e. The van der Waals surface area contributed by atoms with Gasteiger partial charge in [-0.2, -0.15) is 8.78 Å². The third kappa shape index (κ3) is 6.76. The molecule has 1 aliphatic carbocycles. The number of halogens is 4. The van der Waals surface area contributed by atoms with E-state index in [4.69, 9.17) is 27.9 Å². The van der Waals surface area contributed by atoms with Crippen molar-refractivity contribution in [1.29, 1.82) is 0 Å². The molecule has 0 amide bonds. The summed E-state index contributed by atoms with van der Waals surface area (Å²) in [5.74, 6) is 0.542. The van der Waals surface area contributed by atoms with Gasteiger partial charge in [0.15, 0.2) is 11.5 Å². The number of hydrogen-bond acceptors (Lipinski definition) is 4. The molecule has 1 aromatic carbocycles. The van der Waals surface area contributed by atoms with Gasteiger partial charge in [0, 0.05) is 24.7 Å². The van der Waals surface area contributed by atoms with E-state index in [9.17, 15) is 13.9 Å². The fourth-order valence-electron chi connectivity index (χ4n) is 2.52. The van der Waals surface area contributed by atoms with E-state index in [1.165, 1.54) is 24.4 Å². The van der Waals surface area contributed by atoms with Crippen LogP contribution in [0.3, 0.4) is 0 Å². The van der Waals surface area contributed by atoms with Crippen molar-refractivity contribution in [3.8, 4) is 11.5 Å². The molecule has 0 unspecified atom stereocenters. The van der Waals surface area contributed by atoms with Gasteiger partial charge in [-0.3, -0.25) is 4.99 Å². The molecule has 0 aromatic heterocycles. The minimum atomic E-state index is -2.96. The lowest BCUT2D eigenvalue weighted by Crippen LogP contribution is -2.08. The van der Waals surface area contributed by atoms with E-state index in [-0.39, 0.29) is 17.9 Å². The summed E-state index contributed by atoms with van der Waals surface area (Å²) in [5, 5.41) is 11.4. The quantitative estimate of drug-likeness (QED) is 0.372. The lowest BCUT2D eigenvalue weighted by Gasteiger charge is -2.18. The highest BCUT2D eigenvalue weighted by Crippen LogP contribution is 2.37. The Labute approximate surface area is 173 Å². The van der Waals surface area contributed by atoms with Crippen LogP contribution in [0, 0.1) is 5.92 Å². The smallest absolute Gasteiger partial charge is 0.387 e. The van der Waals surface area contributed by atoms with Gasteiger partial charge in [-0.1, -0.05) is 35.3 Å². The summed E-state index contributed by atoms with van der Waals surface area (Å²) in [5.41, 5.74) is 1.00. The first kappa shape index (κ1) is 22.7. The molecule has 1 aliphatic rings. The molecular formula is C20H23Cl2F2NO3. The van der Waals surface area contributed by atoms with Crippen molar-refractivity contribution in [3.63, 3.8) is 0 Å². The molecule has 154 valence electrons. The zero-order chi connectivity index (χ0) is 20.7. The molecule has 4 nitrogen and oxygen atoms in total. The molecule has 28 heavy (non-hydrogen) atoms. The molecule has 0 spiro atoms. The zero-order valence-electron chi connectivity index (χ0n) is 15.7. The number of allylic oxidation sites excluding steroid dienone is 3. The fourth-order valence-corrected chi connectivity index (χ4v) is 3.02. The molecule has 1 saturated carbocycles. The van der Waals surface area contributed by atoms with E-state index in [0.717, 1.165) is 12.8 Å². The first-order valence-electron chi connectivity index (χ1n) is 8.88. The fraction of sp³-hybridized carbons (Fsp3) is 0.450. The molecule has 1 fully saturated rings. The zero-order valence-corrected chi connectivity index (χ0v) is 17.2. The number of rotatable bonds is 10. The van der Waals surface area contributed by atoms with E-state index in [0.29, 0.717) is 33.7 Å². The summed E-state index contributed by atoms with van der Waals surface area (Å²) in [4.78, 5) is 3.86. The number of aliphatic hydroxyl groups excluding tert-OH is 1. The Morgan fingerprint density at radius 3 is 2.61 bits per heavy atom. The average Bonchev–Trinajstić information content (AvgIpc) is 3.48. The Bertz CT molecular complexity index is 762. The van der Waals surface area contributed by atoms with Crippen molar-refractivity contribution in [2.75, 3.05) is 13.7 Å². The summed E-state index contributed by atoms with van der Waals surface area (Å²) in [6.45, 7) is -0.787. The van der Waals surface area contributed by atoms with Crippen LogP contribution in [0.1, 0.15) is 37.9 Å². The molecule has 0 radical (unpaired) electrons. The monoisotopic (exact) mass is 433 g/mol. The standard InChI is InChI=1S/C20H23Cl2F2NO3/c1-3-15(21)14(16(22)10-25-2)9-17(26)13-6-7-18(28-20(23)24)19(8-13)27-11-12-4-5-12/h3,6-8,10,12,17,20,26H,4-5,9,11H2,1-2H3/b15-3+,16-14+,25-10?/t17-/m0/s1. The van der Waals surface area contributed by atoms with Crippen LogP contribution in [-0.4, -0.2) is 31.6 Å². The molecular weight excluding hydrogens is 411 g/mol. The Hall–Kier alpha value is -1.63. The SMILES string of the molecule is C/C=C(Cl)\C(C[C@H](O)c1ccc(OC(F)F)c(OCC2CC2)c1)=C(\Cl)C=NC. The van der Waals surface area contributed by atoms with Gasteiger partial charge >= 0.3 is 6.61 Å². The highest BCUT2D eigenvalue weighted by molar-refractivity contribution is 6.42. The van der Waals surface area contributed by atoms with Crippen LogP contribution >= 0.6 is 23.2 Å². The molecule has 1 atom stereocenters. The highest BCUT2D eigenvalue weighted by atomic mass is 35.5. The van der Waals surface area contributed by atoms with Crippen LogP contribution in [0.5, 0.6) is 11.5 Å². The van der Waals surface area contributed by atoms with Gasteiger partial charge in [-0.15, -0.1) is 0 Å². The molecule has 2 rings (SSSR count). The predicted octanol–water partition coefficient (Wildman–Crippen LogP) is 5.84. The van der Waals surface area contributed by atoms with Gasteiger partial charge in [0.2, 0.25) is 0 Å². The maximum absolute atomic E-state index is 12.7. The number of hydrogen-bond donors (Lipinski definition) is 1. The van der Waals surface area contributed by atoms with Crippen molar-refractivity contribution in [2.45, 2.75) is 38.9 Å². The van der Waals surface area contributed by atoms with Gasteiger partial charge in [0.05, 0.1) is 17.7 Å². The number of benzene rings is 1. The third-order valence-electron chi connectivity index (χ3n) is 4.21. The van der Waals surface area contributed by atoms with E-state index >= 15 is 0 Å². The van der Waals surface area contributed by atoms with Crippen LogP contribution in [0.2, 0.25) is 0 Å². The average molecular weight is 434 g/mol. The van der Waals surface area contributed by atoms with Crippen molar-refractivity contribution < 1.29 is 23.4 Å². The molecule has 0 bridgehead atoms. The predicted molar refractivity (Wildman–Crippen MR) is 108 cm³/mol. The van der Waals surface area contributed by atoms with Gasteiger partial charge in [-0.05, 0) is 49.0 Å². The topological polar surface area (TPSA) is 51.0 Å². The highest BCUT2D eigenvalue weighted by Gasteiger charge is 2.24. The van der Waals surface area contributed by atoms with E-state index in [1.807, 2.05) is 0 Å². The number of ether oxygens (including phenoxy) is 2. The summed E-state index contributed by atoms with van der Waals surface area (Å²) in [6.07, 6.45) is 4.36. The van der Waals surface area contributed by atoms with Crippen molar-refractivity contribution >= 4 is 29.4 Å². The first-order chi connectivity index (χ1) is 13.3. The van der Waals surface area contributed by atoms with Crippen LogP contribution < -0.4 is 9.47 Å². The summed E-state index contributed by atoms with van der Waals surface area (Å²) in [6, 6.07) is 4.38. The van der Waals surface area contributed by atoms with Gasteiger partial charge in [0.1, 0.15) is 0 Å². The van der Waals surface area contributed by atoms with Crippen LogP contribution in [0.15, 0.2) is 44.9 Å². The number of alkyl halides is 2. The molecule has 0 heterocycles. The summed E-state index contributed by atoms with van der Waals surface area (Å²) in [7, 11) is 1.57. The van der Waals surface area contributed by atoms with Crippen molar-refractivity contribution in [1.82, 2.24) is 0 Å². The Balaban J connectivity index is 2.26. The molecule has 1 N–H and O–H groups in total. The Morgan fingerprint density at radius 2 is 2.04 bits per heavy atom. The van der Waals surface area contributed by atoms with Crippen molar-refractivity contribution in [2.24, 2.45) is 10.9 Å². The second-order valence-electron chi connectivity index (χ2n) is 6.41. The van der Waals surface area contributed by atoms with Gasteiger partial charge in [0.25, 0.3) is 0 Å². The lowest BCUT2D eigenvalue weighted by atomic mass is 10.00. The minimum absolute atomic E-state index is 0.0648. The number of aliphatic hydroxyl groups is 1. The molecule has 1 aromatic rings. The number of aliphatic imine (C=N–C) groups is 1. The van der Waals surface area contributed by atoms with Crippen LogP contribution in [-0.2, 0) is 0 Å². The Morgan fingerprint density at radius 1 is 1.32 bits per heavy atom. The van der Waals surface area contributed by atoms with Crippen LogP contribution in [0.4, 0.5) is 8.78 Å². The van der Waals surface area contributed by atoms with E-state index < -0.39 is 12.7 Å². The second kappa shape index (κ2) is 10.8. The van der Waals surface area contributed by atoms with Crippen LogP contribution in [0.25, 0.3) is 0 Å². The third-order valence-corrected chi connectivity index (χ3v) is 4.98. The maximum Gasteiger partial charge on any atom is 0.387 e. The van der Waals surface area contributed by atoms with Gasteiger partial charge < -0.3 is 14.6 Å². The molecule has 0 aliphatic heterocycles. The van der Waals surface area contributed by atoms with E-state index in [2.05, 4.69) is 9.73 Å². The summed E-state index contributed by atoms with van der Waals surface area (Å²) >= 11 is 12.4.